The first-order valence-corrected chi connectivity index (χ1v) is 6.85. The molecule has 1 aromatic carbocycles. The number of hydrogen-bond acceptors (Lipinski definition) is 2. The monoisotopic (exact) mass is 263 g/mol. The van der Waals surface area contributed by atoms with Crippen LogP contribution in [-0.4, -0.2) is 16.6 Å². The third kappa shape index (κ3) is 4.06. The average Bonchev–Trinajstić information content (AvgIpc) is 2.33. The predicted octanol–water partition coefficient (Wildman–Crippen LogP) is 3.06. The highest BCUT2D eigenvalue weighted by atomic mass is 16.4. The van der Waals surface area contributed by atoms with Crippen LogP contribution in [0.3, 0.4) is 0 Å². The van der Waals surface area contributed by atoms with E-state index < -0.39 is 11.5 Å². The lowest BCUT2D eigenvalue weighted by molar-refractivity contribution is -0.143. The molecule has 2 unspecified atom stereocenters. The Bertz CT molecular complexity index is 452. The first-order chi connectivity index (χ1) is 8.77. The molecule has 0 aliphatic carbocycles. The second kappa shape index (κ2) is 6.20. The van der Waals surface area contributed by atoms with E-state index >= 15 is 0 Å². The Morgan fingerprint density at radius 3 is 2.58 bits per heavy atom. The maximum atomic E-state index is 11.1. The number of aryl methyl sites for hydroxylation is 1. The van der Waals surface area contributed by atoms with E-state index in [1.165, 1.54) is 16.7 Å². The summed E-state index contributed by atoms with van der Waals surface area (Å²) in [6, 6.07) is 6.28. The zero-order valence-electron chi connectivity index (χ0n) is 12.4. The van der Waals surface area contributed by atoms with E-state index in [-0.39, 0.29) is 0 Å². The molecular weight excluding hydrogens is 238 g/mol. The maximum Gasteiger partial charge on any atom is 0.323 e. The van der Waals surface area contributed by atoms with Crippen molar-refractivity contribution in [3.05, 3.63) is 34.9 Å². The molecular formula is C16H25NO2. The van der Waals surface area contributed by atoms with Crippen LogP contribution in [0.5, 0.6) is 0 Å². The first-order valence-electron chi connectivity index (χ1n) is 6.85. The third-order valence-electron chi connectivity index (χ3n) is 4.00. The highest BCUT2D eigenvalue weighted by molar-refractivity contribution is 5.77. The second-order valence-electron chi connectivity index (χ2n) is 5.76. The van der Waals surface area contributed by atoms with Gasteiger partial charge in [-0.05, 0) is 56.2 Å². The Morgan fingerprint density at radius 1 is 1.42 bits per heavy atom. The Morgan fingerprint density at radius 2 is 2.05 bits per heavy atom. The van der Waals surface area contributed by atoms with Gasteiger partial charge in [-0.3, -0.25) is 4.79 Å². The fourth-order valence-electron chi connectivity index (χ4n) is 2.39. The number of nitrogens with two attached hydrogens (primary N) is 1. The van der Waals surface area contributed by atoms with E-state index in [1.54, 1.807) is 6.92 Å². The summed E-state index contributed by atoms with van der Waals surface area (Å²) in [7, 11) is 0. The summed E-state index contributed by atoms with van der Waals surface area (Å²) in [6.07, 6.45) is 2.34. The summed E-state index contributed by atoms with van der Waals surface area (Å²) >= 11 is 0. The number of hydrogen-bond donors (Lipinski definition) is 2. The molecule has 0 saturated carbocycles. The summed E-state index contributed by atoms with van der Waals surface area (Å²) in [6.45, 7) is 7.91. The molecule has 0 radical (unpaired) electrons. The third-order valence-corrected chi connectivity index (χ3v) is 4.00. The Balaban J connectivity index is 2.83. The molecule has 0 aromatic heterocycles. The van der Waals surface area contributed by atoms with Crippen molar-refractivity contribution in [2.75, 3.05) is 0 Å². The maximum absolute atomic E-state index is 11.1. The number of carboxylic acids is 1. The zero-order valence-corrected chi connectivity index (χ0v) is 12.4. The van der Waals surface area contributed by atoms with Crippen molar-refractivity contribution >= 4 is 5.97 Å². The Labute approximate surface area is 115 Å². The van der Waals surface area contributed by atoms with Gasteiger partial charge in [0.1, 0.15) is 5.54 Å². The van der Waals surface area contributed by atoms with Gasteiger partial charge in [-0.2, -0.15) is 0 Å². The molecule has 2 atom stereocenters. The highest BCUT2D eigenvalue weighted by Gasteiger charge is 2.30. The quantitative estimate of drug-likeness (QED) is 0.829. The molecule has 0 aliphatic rings. The van der Waals surface area contributed by atoms with E-state index in [4.69, 9.17) is 10.8 Å². The van der Waals surface area contributed by atoms with Crippen molar-refractivity contribution in [2.24, 2.45) is 11.7 Å². The zero-order chi connectivity index (χ0) is 14.6. The predicted molar refractivity (Wildman–Crippen MR) is 78.2 cm³/mol. The SMILES string of the molecule is CCC(Cc1cccc(C)c1C)CC(C)(N)C(=O)O. The Kier molecular flexibility index (Phi) is 5.12. The number of carboxylic acid groups (broad SMARTS) is 1. The van der Waals surface area contributed by atoms with Crippen LogP contribution in [0.1, 0.15) is 43.4 Å². The molecule has 0 spiro atoms. The molecule has 3 nitrogen and oxygen atoms in total. The molecule has 3 heteroatoms. The molecule has 19 heavy (non-hydrogen) atoms. The summed E-state index contributed by atoms with van der Waals surface area (Å²) in [5, 5.41) is 9.13. The van der Waals surface area contributed by atoms with E-state index in [1.807, 2.05) is 0 Å². The minimum atomic E-state index is -1.14. The molecule has 1 rings (SSSR count). The lowest BCUT2D eigenvalue weighted by Crippen LogP contribution is -2.46. The number of aliphatic carboxylic acids is 1. The van der Waals surface area contributed by atoms with Crippen molar-refractivity contribution in [1.29, 1.82) is 0 Å². The molecule has 0 saturated heterocycles. The summed E-state index contributed by atoms with van der Waals surface area (Å²) in [4.78, 5) is 11.1. The van der Waals surface area contributed by atoms with Crippen LogP contribution in [-0.2, 0) is 11.2 Å². The van der Waals surface area contributed by atoms with Gasteiger partial charge in [0.15, 0.2) is 0 Å². The van der Waals surface area contributed by atoms with Crippen LogP contribution >= 0.6 is 0 Å². The van der Waals surface area contributed by atoms with Gasteiger partial charge in [0.05, 0.1) is 0 Å². The van der Waals surface area contributed by atoms with Crippen LogP contribution in [0.4, 0.5) is 0 Å². The summed E-state index contributed by atoms with van der Waals surface area (Å²) < 4.78 is 0. The lowest BCUT2D eigenvalue weighted by Gasteiger charge is -2.26. The van der Waals surface area contributed by atoms with Gasteiger partial charge in [0.25, 0.3) is 0 Å². The Hall–Kier alpha value is -1.35. The smallest absolute Gasteiger partial charge is 0.323 e. The molecule has 0 aliphatic heterocycles. The van der Waals surface area contributed by atoms with Gasteiger partial charge in [0, 0.05) is 0 Å². The van der Waals surface area contributed by atoms with Gasteiger partial charge in [-0.15, -0.1) is 0 Å². The topological polar surface area (TPSA) is 63.3 Å². The first kappa shape index (κ1) is 15.7. The minimum Gasteiger partial charge on any atom is -0.480 e. The van der Waals surface area contributed by atoms with E-state index in [0.717, 1.165) is 12.8 Å². The number of rotatable bonds is 6. The van der Waals surface area contributed by atoms with Gasteiger partial charge < -0.3 is 10.8 Å². The molecule has 0 fully saturated rings. The van der Waals surface area contributed by atoms with Crippen LogP contribution in [0, 0.1) is 19.8 Å². The molecule has 3 N–H and O–H groups in total. The van der Waals surface area contributed by atoms with Crippen molar-refractivity contribution < 1.29 is 9.90 Å². The van der Waals surface area contributed by atoms with Crippen molar-refractivity contribution in [2.45, 2.75) is 52.5 Å². The lowest BCUT2D eigenvalue weighted by atomic mass is 9.83. The van der Waals surface area contributed by atoms with Crippen LogP contribution in [0.2, 0.25) is 0 Å². The number of carbonyl (C=O) groups is 1. The second-order valence-corrected chi connectivity index (χ2v) is 5.76. The summed E-state index contributed by atoms with van der Waals surface area (Å²) in [5.74, 6) is -0.626. The van der Waals surface area contributed by atoms with Gasteiger partial charge in [0.2, 0.25) is 0 Å². The van der Waals surface area contributed by atoms with Crippen molar-refractivity contribution in [1.82, 2.24) is 0 Å². The molecule has 0 amide bonds. The average molecular weight is 263 g/mol. The largest absolute Gasteiger partial charge is 0.480 e. The van der Waals surface area contributed by atoms with Gasteiger partial charge >= 0.3 is 5.97 Å². The van der Waals surface area contributed by atoms with Gasteiger partial charge in [-0.1, -0.05) is 31.5 Å². The van der Waals surface area contributed by atoms with Gasteiger partial charge in [-0.25, -0.2) is 0 Å². The normalized spacial score (nSPS) is 15.8. The fourth-order valence-corrected chi connectivity index (χ4v) is 2.39. The van der Waals surface area contributed by atoms with Crippen LogP contribution in [0.25, 0.3) is 0 Å². The molecule has 106 valence electrons. The van der Waals surface area contributed by atoms with E-state index in [9.17, 15) is 4.79 Å². The standard InChI is InChI=1S/C16H25NO2/c1-5-13(10-16(4,17)15(18)19)9-14-8-6-7-11(2)12(14)3/h6-8,13H,5,9-10,17H2,1-4H3,(H,18,19). The minimum absolute atomic E-state index is 0.298. The highest BCUT2D eigenvalue weighted by Crippen LogP contribution is 2.24. The van der Waals surface area contributed by atoms with E-state index in [0.29, 0.717) is 12.3 Å². The molecule has 1 aromatic rings. The van der Waals surface area contributed by atoms with Crippen molar-refractivity contribution in [3.8, 4) is 0 Å². The molecule has 0 heterocycles. The summed E-state index contributed by atoms with van der Waals surface area (Å²) in [5.41, 5.74) is 8.60. The van der Waals surface area contributed by atoms with Crippen LogP contribution < -0.4 is 5.73 Å². The molecule has 0 bridgehead atoms. The van der Waals surface area contributed by atoms with E-state index in [2.05, 4.69) is 39.0 Å². The fraction of sp³-hybridized carbons (Fsp3) is 0.562. The van der Waals surface area contributed by atoms with Crippen LogP contribution in [0.15, 0.2) is 18.2 Å². The number of benzene rings is 1. The van der Waals surface area contributed by atoms with Crippen molar-refractivity contribution in [3.63, 3.8) is 0 Å².